The standard InChI is InChI=1S/C40H43BF2N6O7S/c1-39(2)40(3,4)56-41(55-39)27-7-12-32-34(22-27)45-37(49(38(32)51)30-8-10-31(11-9-30)57(52,53)48-15-17-54-18-16-48)35(21-25-19-28(42)23-29(43)20-25)44-36(50)24-47-14-13-33(46-47)26-5-6-26/h7-14,19-20,22-23,26,35H,5-6,15-18,21,24H2,1-4H3,(H,44,50)/t35-/m0/s1. The highest BCUT2D eigenvalue weighted by atomic mass is 32.2. The number of carbonyl (C=O) groups excluding carboxylic acids is 1. The van der Waals surface area contributed by atoms with Crippen LogP contribution in [0.3, 0.4) is 0 Å². The van der Waals surface area contributed by atoms with E-state index in [1.54, 1.807) is 24.4 Å². The van der Waals surface area contributed by atoms with E-state index in [4.69, 9.17) is 19.0 Å². The Morgan fingerprint density at radius 1 is 0.947 bits per heavy atom. The van der Waals surface area contributed by atoms with E-state index < -0.39 is 57.5 Å². The number of aromatic nitrogens is 4. The van der Waals surface area contributed by atoms with E-state index in [9.17, 15) is 26.8 Å². The van der Waals surface area contributed by atoms with E-state index >= 15 is 0 Å². The van der Waals surface area contributed by atoms with E-state index in [1.807, 2.05) is 33.8 Å². The molecule has 0 radical (unpaired) electrons. The van der Waals surface area contributed by atoms with Gasteiger partial charge in [-0.3, -0.25) is 18.8 Å². The molecule has 5 aromatic rings. The summed E-state index contributed by atoms with van der Waals surface area (Å²) in [5.74, 6) is -1.70. The van der Waals surface area contributed by atoms with Gasteiger partial charge in [0.2, 0.25) is 15.9 Å². The van der Waals surface area contributed by atoms with Crippen molar-refractivity contribution in [3.05, 3.63) is 112 Å². The van der Waals surface area contributed by atoms with Crippen LogP contribution in [0.25, 0.3) is 16.6 Å². The summed E-state index contributed by atoms with van der Waals surface area (Å²) in [6, 6.07) is 14.7. The lowest BCUT2D eigenvalue weighted by atomic mass is 9.79. The van der Waals surface area contributed by atoms with Gasteiger partial charge in [-0.1, -0.05) is 6.07 Å². The smallest absolute Gasteiger partial charge is 0.399 e. The number of benzene rings is 3. The first-order chi connectivity index (χ1) is 27.1. The number of fused-ring (bicyclic) bond motifs is 1. The minimum atomic E-state index is -3.87. The molecule has 0 spiro atoms. The molecule has 8 rings (SSSR count). The molecule has 57 heavy (non-hydrogen) atoms. The summed E-state index contributed by atoms with van der Waals surface area (Å²) in [6.45, 7) is 8.52. The fourth-order valence-electron chi connectivity index (χ4n) is 7.15. The first-order valence-corrected chi connectivity index (χ1v) is 20.4. The Morgan fingerprint density at radius 3 is 2.26 bits per heavy atom. The summed E-state index contributed by atoms with van der Waals surface area (Å²) in [4.78, 5) is 33.5. The van der Waals surface area contributed by atoms with Crippen LogP contribution in [0.4, 0.5) is 8.78 Å². The van der Waals surface area contributed by atoms with Gasteiger partial charge in [0, 0.05) is 37.7 Å². The molecule has 3 fully saturated rings. The third-order valence-electron chi connectivity index (χ3n) is 11.1. The van der Waals surface area contributed by atoms with Gasteiger partial charge in [-0.05, 0) is 106 Å². The van der Waals surface area contributed by atoms with Gasteiger partial charge in [-0.2, -0.15) is 9.40 Å². The van der Waals surface area contributed by atoms with Crippen molar-refractivity contribution in [2.45, 2.75) is 81.6 Å². The van der Waals surface area contributed by atoms with E-state index in [-0.39, 0.29) is 72.1 Å². The number of sulfonamides is 1. The molecule has 0 unspecified atom stereocenters. The highest BCUT2D eigenvalue weighted by molar-refractivity contribution is 7.89. The molecule has 1 aliphatic carbocycles. The molecule has 2 saturated heterocycles. The summed E-state index contributed by atoms with van der Waals surface area (Å²) in [5.41, 5.74) is 0.418. The van der Waals surface area contributed by atoms with Crippen LogP contribution < -0.4 is 16.3 Å². The fraction of sp³-hybridized carbons (Fsp3) is 0.400. The average molecular weight is 801 g/mol. The van der Waals surface area contributed by atoms with Gasteiger partial charge in [0.15, 0.2) is 0 Å². The first kappa shape index (κ1) is 39.0. The van der Waals surface area contributed by atoms with E-state index in [0.717, 1.165) is 36.7 Å². The molecule has 1 amide bonds. The predicted molar refractivity (Wildman–Crippen MR) is 208 cm³/mol. The Morgan fingerprint density at radius 2 is 1.61 bits per heavy atom. The monoisotopic (exact) mass is 800 g/mol. The van der Waals surface area contributed by atoms with Crippen LogP contribution in [0, 0.1) is 11.6 Å². The molecule has 17 heteroatoms. The van der Waals surface area contributed by atoms with Crippen LogP contribution in [-0.2, 0) is 41.8 Å². The molecular formula is C40H43BF2N6O7S. The lowest BCUT2D eigenvalue weighted by Crippen LogP contribution is -2.41. The normalized spacial score (nSPS) is 18.9. The van der Waals surface area contributed by atoms with Gasteiger partial charge in [0.05, 0.1) is 57.6 Å². The number of hydrogen-bond donors (Lipinski definition) is 1. The van der Waals surface area contributed by atoms with Crippen molar-refractivity contribution >= 4 is 39.4 Å². The second-order valence-corrected chi connectivity index (χ2v) is 17.7. The molecule has 298 valence electrons. The minimum Gasteiger partial charge on any atom is -0.399 e. The summed E-state index contributed by atoms with van der Waals surface area (Å²) >= 11 is 0. The van der Waals surface area contributed by atoms with Gasteiger partial charge in [-0.15, -0.1) is 0 Å². The molecule has 1 N–H and O–H groups in total. The van der Waals surface area contributed by atoms with E-state index in [0.29, 0.717) is 11.4 Å². The van der Waals surface area contributed by atoms with Crippen LogP contribution in [0.2, 0.25) is 0 Å². The molecule has 3 aliphatic rings. The number of ether oxygens (including phenoxy) is 1. The first-order valence-electron chi connectivity index (χ1n) is 19.0. The number of hydrogen-bond acceptors (Lipinski definition) is 9. The number of nitrogens with one attached hydrogen (secondary N) is 1. The summed E-state index contributed by atoms with van der Waals surface area (Å²) < 4.78 is 78.3. The number of halogens is 2. The lowest BCUT2D eigenvalue weighted by Gasteiger charge is -2.32. The maximum atomic E-state index is 14.7. The number of morpholine rings is 1. The van der Waals surface area contributed by atoms with Gasteiger partial charge in [-0.25, -0.2) is 22.2 Å². The maximum Gasteiger partial charge on any atom is 0.494 e. The van der Waals surface area contributed by atoms with Crippen molar-refractivity contribution in [2.75, 3.05) is 26.3 Å². The van der Waals surface area contributed by atoms with Gasteiger partial charge in [0.25, 0.3) is 5.56 Å². The highest BCUT2D eigenvalue weighted by Gasteiger charge is 2.51. The maximum absolute atomic E-state index is 14.7. The second-order valence-electron chi connectivity index (χ2n) is 15.8. The van der Waals surface area contributed by atoms with Gasteiger partial charge >= 0.3 is 7.12 Å². The molecular weight excluding hydrogens is 757 g/mol. The van der Waals surface area contributed by atoms with Crippen molar-refractivity contribution in [1.29, 1.82) is 0 Å². The summed E-state index contributed by atoms with van der Waals surface area (Å²) in [7, 11) is -4.64. The predicted octanol–water partition coefficient (Wildman–Crippen LogP) is 4.16. The quantitative estimate of drug-likeness (QED) is 0.195. The molecule has 2 aromatic heterocycles. The van der Waals surface area contributed by atoms with Crippen LogP contribution >= 0.6 is 0 Å². The lowest BCUT2D eigenvalue weighted by molar-refractivity contribution is -0.122. The van der Waals surface area contributed by atoms with Crippen LogP contribution in [0.1, 0.15) is 69.6 Å². The molecule has 1 saturated carbocycles. The fourth-order valence-corrected chi connectivity index (χ4v) is 8.56. The zero-order chi connectivity index (χ0) is 40.3. The molecule has 13 nitrogen and oxygen atoms in total. The van der Waals surface area contributed by atoms with E-state index in [1.165, 1.54) is 37.8 Å². The molecule has 0 bridgehead atoms. The van der Waals surface area contributed by atoms with Gasteiger partial charge in [0.1, 0.15) is 24.0 Å². The second kappa shape index (κ2) is 14.9. The van der Waals surface area contributed by atoms with Crippen LogP contribution in [0.5, 0.6) is 0 Å². The number of nitrogens with zero attached hydrogens (tertiary/aromatic N) is 5. The van der Waals surface area contributed by atoms with Crippen LogP contribution in [-0.4, -0.2) is 82.6 Å². The zero-order valence-corrected chi connectivity index (χ0v) is 32.9. The Bertz CT molecular complexity index is 2480. The van der Waals surface area contributed by atoms with E-state index in [2.05, 4.69) is 10.4 Å². The van der Waals surface area contributed by atoms with Crippen molar-refractivity contribution in [3.63, 3.8) is 0 Å². The van der Waals surface area contributed by atoms with Crippen molar-refractivity contribution < 1.29 is 36.0 Å². The summed E-state index contributed by atoms with van der Waals surface area (Å²) in [6.07, 6.45) is 3.64. The number of amides is 1. The Hall–Kier alpha value is -4.81. The Kier molecular flexibility index (Phi) is 10.2. The average Bonchev–Trinajstić information content (AvgIpc) is 3.86. The Labute approximate surface area is 329 Å². The van der Waals surface area contributed by atoms with Crippen molar-refractivity contribution in [3.8, 4) is 5.69 Å². The Balaban J connectivity index is 1.24. The van der Waals surface area contributed by atoms with Crippen LogP contribution in [0.15, 0.2) is 82.6 Å². The zero-order valence-electron chi connectivity index (χ0n) is 32.1. The molecule has 4 heterocycles. The molecule has 2 aliphatic heterocycles. The van der Waals surface area contributed by atoms with Crippen molar-refractivity contribution in [1.82, 2.24) is 29.0 Å². The molecule has 3 aromatic carbocycles. The third-order valence-corrected chi connectivity index (χ3v) is 13.0. The topological polar surface area (TPSA) is 147 Å². The largest absolute Gasteiger partial charge is 0.494 e. The SMILES string of the molecule is CC1(C)OB(c2ccc3c(=O)n(-c4ccc(S(=O)(=O)N5CCOCC5)cc4)c([C@H](Cc4cc(F)cc(F)c4)NC(=O)Cn4ccc(C5CC5)n4)nc3c2)OC1(C)C. The highest BCUT2D eigenvalue weighted by Crippen LogP contribution is 2.39. The third kappa shape index (κ3) is 7.90. The number of carbonyl (C=O) groups is 1. The van der Waals surface area contributed by atoms with Gasteiger partial charge < -0.3 is 19.4 Å². The minimum absolute atomic E-state index is 0.0217. The number of rotatable bonds is 11. The summed E-state index contributed by atoms with van der Waals surface area (Å²) in [5, 5.41) is 7.73. The van der Waals surface area contributed by atoms with Crippen molar-refractivity contribution in [2.24, 2.45) is 0 Å². The molecule has 1 atom stereocenters.